The molecule has 1 atom stereocenters. The van der Waals surface area contributed by atoms with Crippen LogP contribution < -0.4 is 5.56 Å². The molecular formula is C31H36N6O3. The van der Waals surface area contributed by atoms with Crippen LogP contribution >= 0.6 is 0 Å². The first-order valence-corrected chi connectivity index (χ1v) is 13.5. The average Bonchev–Trinajstić information content (AvgIpc) is 3.60. The fourth-order valence-corrected chi connectivity index (χ4v) is 4.98. The number of aromatic nitrogens is 5. The van der Waals surface area contributed by atoms with Crippen LogP contribution in [0.25, 0.3) is 10.9 Å². The number of tetrazole rings is 1. The summed E-state index contributed by atoms with van der Waals surface area (Å²) in [5.41, 5.74) is 4.68. The number of pyridine rings is 1. The monoisotopic (exact) mass is 540 g/mol. The van der Waals surface area contributed by atoms with Gasteiger partial charge < -0.3 is 14.1 Å². The van der Waals surface area contributed by atoms with Gasteiger partial charge in [0.25, 0.3) is 5.56 Å². The van der Waals surface area contributed by atoms with Gasteiger partial charge in [-0.1, -0.05) is 56.7 Å². The highest BCUT2D eigenvalue weighted by Crippen LogP contribution is 2.31. The van der Waals surface area contributed by atoms with Crippen LogP contribution in [0.5, 0.6) is 0 Å². The predicted octanol–water partition coefficient (Wildman–Crippen LogP) is 5.15. The molecule has 0 unspecified atom stereocenters. The molecule has 3 aromatic heterocycles. The first-order chi connectivity index (χ1) is 19.2. The molecule has 0 fully saturated rings. The molecule has 9 heteroatoms. The number of nitrogens with one attached hydrogen (secondary N) is 1. The lowest BCUT2D eigenvalue weighted by Crippen LogP contribution is -2.35. The van der Waals surface area contributed by atoms with E-state index >= 15 is 0 Å². The summed E-state index contributed by atoms with van der Waals surface area (Å²) in [5.74, 6) is 1.34. The molecule has 1 N–H and O–H groups in total. The van der Waals surface area contributed by atoms with E-state index in [0.29, 0.717) is 37.6 Å². The number of nitrogens with zero attached hydrogens (tertiary/aromatic N) is 5. The van der Waals surface area contributed by atoms with Crippen molar-refractivity contribution in [2.24, 2.45) is 0 Å². The highest BCUT2D eigenvalue weighted by molar-refractivity contribution is 5.79. The van der Waals surface area contributed by atoms with Crippen molar-refractivity contribution in [3.8, 4) is 0 Å². The molecule has 0 saturated carbocycles. The van der Waals surface area contributed by atoms with Gasteiger partial charge in [-0.2, -0.15) is 0 Å². The summed E-state index contributed by atoms with van der Waals surface area (Å²) < 4.78 is 12.8. The van der Waals surface area contributed by atoms with Gasteiger partial charge in [-0.05, 0) is 69.6 Å². The van der Waals surface area contributed by atoms with Gasteiger partial charge in [0.1, 0.15) is 11.8 Å². The number of H-pyrrole nitrogens is 1. The Morgan fingerprint density at radius 2 is 1.88 bits per heavy atom. The Labute approximate surface area is 233 Å². The van der Waals surface area contributed by atoms with E-state index in [1.165, 1.54) is 5.56 Å². The Bertz CT molecular complexity index is 1610. The van der Waals surface area contributed by atoms with E-state index in [0.717, 1.165) is 27.8 Å². The maximum Gasteiger partial charge on any atom is 0.253 e. The topological polar surface area (TPSA) is 102 Å². The lowest BCUT2D eigenvalue weighted by atomic mass is 9.86. The number of hydrogen-bond acceptors (Lipinski definition) is 7. The predicted molar refractivity (Wildman–Crippen MR) is 154 cm³/mol. The highest BCUT2D eigenvalue weighted by Gasteiger charge is 2.31. The minimum Gasteiger partial charge on any atom is -0.468 e. The molecule has 0 saturated heterocycles. The second-order valence-corrected chi connectivity index (χ2v) is 11.2. The van der Waals surface area contributed by atoms with Crippen LogP contribution in [0.2, 0.25) is 0 Å². The molecule has 0 bridgehead atoms. The van der Waals surface area contributed by atoms with Gasteiger partial charge in [0.2, 0.25) is 0 Å². The molecular weight excluding hydrogens is 504 g/mol. The Balaban J connectivity index is 1.65. The third kappa shape index (κ3) is 6.05. The summed E-state index contributed by atoms with van der Waals surface area (Å²) in [7, 11) is 1.64. The minimum absolute atomic E-state index is 0.0505. The number of rotatable bonds is 10. The molecule has 0 aliphatic heterocycles. The number of furan rings is 1. The molecule has 5 aromatic rings. The Morgan fingerprint density at radius 3 is 2.58 bits per heavy atom. The summed E-state index contributed by atoms with van der Waals surface area (Å²) in [6, 6.07) is 19.8. The first kappa shape index (κ1) is 27.5. The number of ether oxygens (including phenoxy) is 1. The number of fused-ring (bicyclic) bond motifs is 1. The van der Waals surface area contributed by atoms with Crippen LogP contribution in [0, 0.1) is 6.92 Å². The van der Waals surface area contributed by atoms with Crippen LogP contribution in [0.4, 0.5) is 0 Å². The zero-order chi connectivity index (χ0) is 28.3. The van der Waals surface area contributed by atoms with Crippen molar-refractivity contribution < 1.29 is 9.15 Å². The largest absolute Gasteiger partial charge is 0.468 e. The van der Waals surface area contributed by atoms with Crippen molar-refractivity contribution >= 4 is 10.9 Å². The molecule has 0 radical (unpaired) electrons. The molecule has 0 spiro atoms. The molecule has 0 aliphatic rings. The van der Waals surface area contributed by atoms with Crippen molar-refractivity contribution in [1.82, 2.24) is 30.1 Å². The van der Waals surface area contributed by atoms with Crippen LogP contribution in [-0.2, 0) is 29.8 Å². The lowest BCUT2D eigenvalue weighted by Gasteiger charge is -2.30. The zero-order valence-corrected chi connectivity index (χ0v) is 23.7. The van der Waals surface area contributed by atoms with Gasteiger partial charge in [-0.15, -0.1) is 5.10 Å². The molecule has 9 nitrogen and oxygen atoms in total. The van der Waals surface area contributed by atoms with E-state index in [1.807, 2.05) is 37.3 Å². The van der Waals surface area contributed by atoms with Gasteiger partial charge in [0, 0.05) is 24.7 Å². The van der Waals surface area contributed by atoms with Crippen LogP contribution in [0.15, 0.2) is 76.1 Å². The molecule has 40 heavy (non-hydrogen) atoms. The third-order valence-electron chi connectivity index (χ3n) is 7.14. The zero-order valence-electron chi connectivity index (χ0n) is 23.7. The quantitative estimate of drug-likeness (QED) is 0.261. The van der Waals surface area contributed by atoms with Crippen molar-refractivity contribution in [3.05, 3.63) is 111 Å². The third-order valence-corrected chi connectivity index (χ3v) is 7.14. The average molecular weight is 541 g/mol. The smallest absolute Gasteiger partial charge is 0.253 e. The van der Waals surface area contributed by atoms with Gasteiger partial charge >= 0.3 is 0 Å². The highest BCUT2D eigenvalue weighted by atomic mass is 16.5. The summed E-state index contributed by atoms with van der Waals surface area (Å²) in [5, 5.41) is 13.6. The SMILES string of the molecule is COCCn1nnnc1[C@@H](c1cc2cc(C)ccc2[nH]c1=O)N(Cc1ccc(C(C)(C)C)cc1)Cc1ccco1. The second kappa shape index (κ2) is 11.6. The van der Waals surface area contributed by atoms with Crippen molar-refractivity contribution in [2.75, 3.05) is 13.7 Å². The molecule has 2 aromatic carbocycles. The number of hydrogen-bond donors (Lipinski definition) is 1. The number of aryl methyl sites for hydroxylation is 1. The van der Waals surface area contributed by atoms with Crippen molar-refractivity contribution in [2.45, 2.75) is 58.8 Å². The summed E-state index contributed by atoms with van der Waals surface area (Å²) >= 11 is 0. The van der Waals surface area contributed by atoms with E-state index < -0.39 is 6.04 Å². The van der Waals surface area contributed by atoms with Crippen LogP contribution in [0.3, 0.4) is 0 Å². The van der Waals surface area contributed by atoms with Gasteiger partial charge in [-0.3, -0.25) is 9.69 Å². The molecule has 3 heterocycles. The fourth-order valence-electron chi connectivity index (χ4n) is 4.98. The Hall–Kier alpha value is -4.08. The van der Waals surface area contributed by atoms with E-state index in [2.05, 4.69) is 76.5 Å². The summed E-state index contributed by atoms with van der Waals surface area (Å²) in [6.07, 6.45) is 1.66. The van der Waals surface area contributed by atoms with E-state index in [9.17, 15) is 4.79 Å². The molecule has 0 amide bonds. The normalized spacial score (nSPS) is 12.8. The van der Waals surface area contributed by atoms with Crippen LogP contribution in [0.1, 0.15) is 60.7 Å². The Morgan fingerprint density at radius 1 is 1.07 bits per heavy atom. The van der Waals surface area contributed by atoms with E-state index in [1.54, 1.807) is 18.1 Å². The van der Waals surface area contributed by atoms with Gasteiger partial charge in [0.05, 0.1) is 26.0 Å². The van der Waals surface area contributed by atoms with E-state index in [-0.39, 0.29) is 11.0 Å². The fraction of sp³-hybridized carbons (Fsp3) is 0.355. The van der Waals surface area contributed by atoms with Gasteiger partial charge in [0.15, 0.2) is 5.82 Å². The molecule has 5 rings (SSSR count). The van der Waals surface area contributed by atoms with E-state index in [4.69, 9.17) is 9.15 Å². The van der Waals surface area contributed by atoms with Crippen molar-refractivity contribution in [3.63, 3.8) is 0 Å². The molecule has 0 aliphatic carbocycles. The Kier molecular flexibility index (Phi) is 7.95. The number of methoxy groups -OCH3 is 1. The molecule has 208 valence electrons. The summed E-state index contributed by atoms with van der Waals surface area (Å²) in [6.45, 7) is 10.5. The number of aromatic amines is 1. The number of benzene rings is 2. The lowest BCUT2D eigenvalue weighted by molar-refractivity contribution is 0.163. The maximum atomic E-state index is 13.7. The maximum absolute atomic E-state index is 13.7. The first-order valence-electron chi connectivity index (χ1n) is 13.5. The summed E-state index contributed by atoms with van der Waals surface area (Å²) in [4.78, 5) is 19.0. The van der Waals surface area contributed by atoms with Gasteiger partial charge in [-0.25, -0.2) is 4.68 Å². The van der Waals surface area contributed by atoms with Crippen LogP contribution in [-0.4, -0.2) is 43.8 Å². The van der Waals surface area contributed by atoms with Crippen molar-refractivity contribution in [1.29, 1.82) is 0 Å². The minimum atomic E-state index is -0.562. The standard InChI is InChI=1S/C31H36N6O3/c1-21-8-13-27-23(17-21)18-26(30(38)32-27)28(29-33-34-35-37(29)14-16-39-5)36(20-25-7-6-15-40-25)19-22-9-11-24(12-10-22)31(2,3)4/h6-13,15,17-18,28H,14,16,19-20H2,1-5H3,(H,32,38)/t28-/m1/s1. The second-order valence-electron chi connectivity index (χ2n) is 11.2.